The summed E-state index contributed by atoms with van der Waals surface area (Å²) >= 11 is 5.56. The molecule has 1 saturated carbocycles. The van der Waals surface area contributed by atoms with E-state index in [0.29, 0.717) is 57.3 Å². The molecule has 5 rings (SSSR count). The number of hydrogen-bond donors (Lipinski definition) is 0. The monoisotopic (exact) mass is 563 g/mol. The Balaban J connectivity index is 1.36. The molecule has 8 nitrogen and oxygen atoms in total. The van der Waals surface area contributed by atoms with E-state index in [2.05, 4.69) is 9.88 Å². The standard InChI is InChI=1S/C26H25F4N5O3S/c27-20-14-17(3-4-22(20)38-10-2-7-33-8-11-37-12-9-33)35-24(39)34(23(36)25(35)5-1-6-25)18-13-19(26(28,29)30)21(15-31)32-16-18/h3-4,13-14,16H,1-2,5-12H2. The zero-order chi connectivity index (χ0) is 27.8. The lowest BCUT2D eigenvalue weighted by molar-refractivity contribution is -0.138. The van der Waals surface area contributed by atoms with Crippen molar-refractivity contribution in [2.45, 2.75) is 37.4 Å². The van der Waals surface area contributed by atoms with Crippen molar-refractivity contribution in [3.63, 3.8) is 0 Å². The van der Waals surface area contributed by atoms with Gasteiger partial charge in [-0.15, -0.1) is 0 Å². The minimum atomic E-state index is -4.85. The van der Waals surface area contributed by atoms with Crippen LogP contribution in [0.3, 0.4) is 0 Å². The van der Waals surface area contributed by atoms with Gasteiger partial charge >= 0.3 is 6.18 Å². The Labute approximate surface area is 227 Å². The van der Waals surface area contributed by atoms with E-state index in [0.717, 1.165) is 30.7 Å². The van der Waals surface area contributed by atoms with E-state index >= 15 is 4.39 Å². The second-order valence-corrected chi connectivity index (χ2v) is 9.98. The van der Waals surface area contributed by atoms with Gasteiger partial charge in [-0.1, -0.05) is 0 Å². The summed E-state index contributed by atoms with van der Waals surface area (Å²) in [6, 6.07) is 6.39. The number of anilines is 2. The average Bonchev–Trinajstić information content (AvgIpc) is 3.13. The Hall–Kier alpha value is -3.34. The fourth-order valence-corrected chi connectivity index (χ4v) is 5.60. The van der Waals surface area contributed by atoms with Crippen molar-refractivity contribution in [2.75, 3.05) is 49.3 Å². The Morgan fingerprint density at radius 3 is 2.54 bits per heavy atom. The lowest BCUT2D eigenvalue weighted by Crippen LogP contribution is -2.55. The van der Waals surface area contributed by atoms with Crippen LogP contribution in [-0.4, -0.2) is 65.9 Å². The molecular formula is C26H25F4N5O3S. The number of hydrogen-bond acceptors (Lipinski definition) is 7. The fraction of sp³-hybridized carbons (Fsp3) is 0.462. The Morgan fingerprint density at radius 2 is 1.92 bits per heavy atom. The van der Waals surface area contributed by atoms with E-state index in [-0.39, 0.29) is 16.5 Å². The third kappa shape index (κ3) is 5.04. The van der Waals surface area contributed by atoms with Gasteiger partial charge in [0.25, 0.3) is 5.91 Å². The second-order valence-electron chi connectivity index (χ2n) is 9.61. The molecule has 0 N–H and O–H groups in total. The zero-order valence-corrected chi connectivity index (χ0v) is 21.7. The van der Waals surface area contributed by atoms with Crippen LogP contribution in [0.15, 0.2) is 30.5 Å². The van der Waals surface area contributed by atoms with Crippen LogP contribution >= 0.6 is 12.2 Å². The molecule has 1 spiro atoms. The molecule has 0 radical (unpaired) electrons. The first kappa shape index (κ1) is 27.2. The summed E-state index contributed by atoms with van der Waals surface area (Å²) < 4.78 is 66.7. The van der Waals surface area contributed by atoms with Gasteiger partial charge in [0, 0.05) is 31.4 Å². The molecule has 1 amide bonds. The number of rotatable bonds is 7. The van der Waals surface area contributed by atoms with Crippen molar-refractivity contribution in [3.8, 4) is 11.8 Å². The molecule has 39 heavy (non-hydrogen) atoms. The maximum absolute atomic E-state index is 15.1. The number of alkyl halides is 3. The number of carbonyl (C=O) groups is 1. The van der Waals surface area contributed by atoms with Crippen LogP contribution in [-0.2, 0) is 15.7 Å². The number of morpholine rings is 1. The van der Waals surface area contributed by atoms with E-state index in [9.17, 15) is 18.0 Å². The molecule has 3 aliphatic rings. The molecule has 206 valence electrons. The molecule has 0 atom stereocenters. The molecule has 13 heteroatoms. The summed E-state index contributed by atoms with van der Waals surface area (Å²) in [4.78, 5) is 21.9. The van der Waals surface area contributed by atoms with Crippen LogP contribution in [0, 0.1) is 17.1 Å². The highest BCUT2D eigenvalue weighted by atomic mass is 32.1. The van der Waals surface area contributed by atoms with Crippen molar-refractivity contribution in [1.29, 1.82) is 5.26 Å². The summed E-state index contributed by atoms with van der Waals surface area (Å²) in [5, 5.41) is 8.97. The largest absolute Gasteiger partial charge is 0.490 e. The quantitative estimate of drug-likeness (QED) is 0.281. The molecule has 2 aromatic rings. The van der Waals surface area contributed by atoms with Gasteiger partial charge in [0.15, 0.2) is 22.4 Å². The van der Waals surface area contributed by atoms with Crippen molar-refractivity contribution < 1.29 is 31.8 Å². The van der Waals surface area contributed by atoms with E-state index in [1.807, 2.05) is 0 Å². The predicted molar refractivity (Wildman–Crippen MR) is 137 cm³/mol. The van der Waals surface area contributed by atoms with Crippen LogP contribution in [0.1, 0.15) is 36.9 Å². The van der Waals surface area contributed by atoms with Crippen LogP contribution in [0.4, 0.5) is 28.9 Å². The summed E-state index contributed by atoms with van der Waals surface area (Å²) in [5.41, 5.74) is -3.10. The average molecular weight is 564 g/mol. The molecule has 2 saturated heterocycles. The molecule has 2 aliphatic heterocycles. The lowest BCUT2D eigenvalue weighted by Gasteiger charge is -2.43. The minimum absolute atomic E-state index is 0.0581. The first-order valence-electron chi connectivity index (χ1n) is 12.5. The number of benzene rings is 1. The van der Waals surface area contributed by atoms with Crippen molar-refractivity contribution in [2.24, 2.45) is 0 Å². The third-order valence-corrected chi connectivity index (χ3v) is 7.65. The molecule has 0 unspecified atom stereocenters. The fourth-order valence-electron chi connectivity index (χ4n) is 5.13. The number of nitriles is 1. The van der Waals surface area contributed by atoms with Gasteiger partial charge in [-0.3, -0.25) is 14.6 Å². The second kappa shape index (κ2) is 10.7. The number of halogens is 4. The molecule has 0 bridgehead atoms. The highest BCUT2D eigenvalue weighted by molar-refractivity contribution is 7.81. The number of ether oxygens (including phenoxy) is 2. The van der Waals surface area contributed by atoms with Gasteiger partial charge in [-0.05, 0) is 56.1 Å². The van der Waals surface area contributed by atoms with Crippen LogP contribution < -0.4 is 14.5 Å². The molecule has 3 fully saturated rings. The number of aromatic nitrogens is 1. The van der Waals surface area contributed by atoms with Gasteiger partial charge in [-0.25, -0.2) is 9.37 Å². The summed E-state index contributed by atoms with van der Waals surface area (Å²) in [5.74, 6) is -1.09. The van der Waals surface area contributed by atoms with Gasteiger partial charge < -0.3 is 14.4 Å². The predicted octanol–water partition coefficient (Wildman–Crippen LogP) is 4.27. The Bertz CT molecular complexity index is 1320. The van der Waals surface area contributed by atoms with Crippen LogP contribution in [0.5, 0.6) is 5.75 Å². The first-order chi connectivity index (χ1) is 18.7. The van der Waals surface area contributed by atoms with Gasteiger partial charge in [0.1, 0.15) is 11.6 Å². The highest BCUT2D eigenvalue weighted by Gasteiger charge is 2.60. The van der Waals surface area contributed by atoms with E-state index < -0.39 is 34.7 Å². The van der Waals surface area contributed by atoms with Crippen LogP contribution in [0.25, 0.3) is 0 Å². The molecule has 1 aromatic carbocycles. The van der Waals surface area contributed by atoms with Crippen LogP contribution in [0.2, 0.25) is 0 Å². The highest BCUT2D eigenvalue weighted by Crippen LogP contribution is 2.48. The number of carbonyl (C=O) groups excluding carboxylic acids is 1. The number of pyridine rings is 1. The zero-order valence-electron chi connectivity index (χ0n) is 20.8. The molecular weight excluding hydrogens is 538 g/mol. The Kier molecular flexibility index (Phi) is 7.45. The summed E-state index contributed by atoms with van der Waals surface area (Å²) in [6.07, 6.45) is -1.62. The van der Waals surface area contributed by atoms with Crippen molar-refractivity contribution in [3.05, 3.63) is 47.5 Å². The SMILES string of the molecule is N#Cc1ncc(N2C(=O)C3(CCC3)N(c3ccc(OCCCN4CCOCC4)c(F)c3)C2=S)cc1C(F)(F)F. The van der Waals surface area contributed by atoms with E-state index in [1.165, 1.54) is 23.1 Å². The third-order valence-electron chi connectivity index (χ3n) is 7.29. The van der Waals surface area contributed by atoms with Gasteiger partial charge in [0.2, 0.25) is 0 Å². The topological polar surface area (TPSA) is 81.9 Å². The molecule has 1 aromatic heterocycles. The number of amides is 1. The maximum atomic E-state index is 15.1. The number of nitrogens with zero attached hydrogens (tertiary/aromatic N) is 5. The smallest absolute Gasteiger partial charge is 0.419 e. The normalized spacial score (nSPS) is 19.4. The number of thiocarbonyl (C=S) groups is 1. The van der Waals surface area contributed by atoms with Crippen molar-refractivity contribution in [1.82, 2.24) is 9.88 Å². The maximum Gasteiger partial charge on any atom is 0.419 e. The molecule has 1 aliphatic carbocycles. The Morgan fingerprint density at radius 1 is 1.18 bits per heavy atom. The van der Waals surface area contributed by atoms with E-state index in [1.54, 1.807) is 6.07 Å². The van der Waals surface area contributed by atoms with Gasteiger partial charge in [-0.2, -0.15) is 18.4 Å². The lowest BCUT2D eigenvalue weighted by atomic mass is 9.75. The summed E-state index contributed by atoms with van der Waals surface area (Å²) in [6.45, 7) is 4.23. The molecule has 3 heterocycles. The van der Waals surface area contributed by atoms with E-state index in [4.69, 9.17) is 27.0 Å². The minimum Gasteiger partial charge on any atom is -0.490 e. The summed E-state index contributed by atoms with van der Waals surface area (Å²) in [7, 11) is 0. The first-order valence-corrected chi connectivity index (χ1v) is 12.9. The van der Waals surface area contributed by atoms with Gasteiger partial charge in [0.05, 0.1) is 37.3 Å². The van der Waals surface area contributed by atoms with Crippen molar-refractivity contribution >= 4 is 34.6 Å².